The molecule has 1 saturated carbocycles. The van der Waals surface area contributed by atoms with Gasteiger partial charge in [-0.3, -0.25) is 9.59 Å². The van der Waals surface area contributed by atoms with Gasteiger partial charge in [0.25, 0.3) is 5.91 Å². The molecule has 1 aromatic rings. The van der Waals surface area contributed by atoms with Crippen LogP contribution in [0.2, 0.25) is 0 Å². The van der Waals surface area contributed by atoms with Crippen LogP contribution in [0.4, 0.5) is 0 Å². The Morgan fingerprint density at radius 2 is 1.76 bits per heavy atom. The Kier molecular flexibility index (Phi) is 7.02. The molecule has 25 heavy (non-hydrogen) atoms. The van der Waals surface area contributed by atoms with Gasteiger partial charge in [-0.2, -0.15) is 0 Å². The topological polar surface area (TPSA) is 84.2 Å². The Morgan fingerprint density at radius 1 is 1.12 bits per heavy atom. The average Bonchev–Trinajstić information content (AvgIpc) is 3.05. The quantitative estimate of drug-likeness (QED) is 0.790. The summed E-state index contributed by atoms with van der Waals surface area (Å²) in [5.74, 6) is 0.269. The van der Waals surface area contributed by atoms with E-state index in [0.717, 1.165) is 25.7 Å². The molecule has 0 radical (unpaired) electrons. The summed E-state index contributed by atoms with van der Waals surface area (Å²) >= 11 is 0. The minimum absolute atomic E-state index is 0.0248. The Labute approximate surface area is 150 Å². The number of carbonyl (C=O) groups is 2. The first-order chi connectivity index (χ1) is 11.9. The fourth-order valence-electron chi connectivity index (χ4n) is 3.51. The number of rotatable bonds is 7. The van der Waals surface area contributed by atoms with Crippen molar-refractivity contribution in [3.8, 4) is 0 Å². The summed E-state index contributed by atoms with van der Waals surface area (Å²) in [6.07, 6.45) is 7.61. The van der Waals surface area contributed by atoms with Crippen molar-refractivity contribution in [2.24, 2.45) is 5.92 Å². The predicted octanol–water partition coefficient (Wildman–Crippen LogP) is 3.39. The summed E-state index contributed by atoms with van der Waals surface area (Å²) in [5.41, 5.74) is 1.16. The van der Waals surface area contributed by atoms with Crippen molar-refractivity contribution in [1.29, 1.82) is 0 Å². The first kappa shape index (κ1) is 19.5. The Bertz CT molecular complexity index is 576. The van der Waals surface area contributed by atoms with Gasteiger partial charge >= 0.3 is 0 Å². The minimum Gasteiger partial charge on any atom is -0.364 e. The van der Waals surface area contributed by atoms with Crippen molar-refractivity contribution >= 4 is 11.8 Å². The molecule has 1 aromatic heterocycles. The molecular formula is C19H31N3O3. The number of nitrogens with zero attached hydrogens (tertiary/aromatic N) is 1. The van der Waals surface area contributed by atoms with Crippen molar-refractivity contribution in [1.82, 2.24) is 15.8 Å². The fourth-order valence-corrected chi connectivity index (χ4v) is 3.51. The van der Waals surface area contributed by atoms with E-state index in [9.17, 15) is 9.59 Å². The molecule has 0 aromatic carbocycles. The second-order valence-corrected chi connectivity index (χ2v) is 7.62. The van der Waals surface area contributed by atoms with Gasteiger partial charge in [-0.1, -0.05) is 38.3 Å². The van der Waals surface area contributed by atoms with E-state index in [-0.39, 0.29) is 35.7 Å². The Balaban J connectivity index is 1.80. The molecule has 2 N–H and O–H groups in total. The maximum absolute atomic E-state index is 12.4. The van der Waals surface area contributed by atoms with E-state index in [1.54, 1.807) is 0 Å². The summed E-state index contributed by atoms with van der Waals surface area (Å²) in [7, 11) is 0. The lowest BCUT2D eigenvalue weighted by Gasteiger charge is -2.25. The first-order valence-corrected chi connectivity index (χ1v) is 9.44. The highest BCUT2D eigenvalue weighted by atomic mass is 16.5. The molecule has 6 heteroatoms. The zero-order chi connectivity index (χ0) is 18.4. The van der Waals surface area contributed by atoms with Gasteiger partial charge < -0.3 is 15.2 Å². The van der Waals surface area contributed by atoms with Gasteiger partial charge in [-0.15, -0.1) is 0 Å². The fraction of sp³-hybridized carbons (Fsp3) is 0.737. The van der Waals surface area contributed by atoms with E-state index >= 15 is 0 Å². The van der Waals surface area contributed by atoms with Gasteiger partial charge in [0.05, 0.1) is 5.69 Å². The summed E-state index contributed by atoms with van der Waals surface area (Å²) in [5, 5.41) is 9.97. The minimum atomic E-state index is -0.178. The van der Waals surface area contributed by atoms with Crippen LogP contribution in [0.3, 0.4) is 0 Å². The number of amides is 2. The molecule has 0 bridgehead atoms. The third-order valence-electron chi connectivity index (χ3n) is 4.84. The molecule has 2 atom stereocenters. The molecule has 0 aliphatic heterocycles. The lowest BCUT2D eigenvalue weighted by atomic mass is 9.88. The van der Waals surface area contributed by atoms with Gasteiger partial charge in [-0.25, -0.2) is 0 Å². The van der Waals surface area contributed by atoms with Gasteiger partial charge in [0.2, 0.25) is 5.91 Å². The molecular weight excluding hydrogens is 318 g/mol. The van der Waals surface area contributed by atoms with Crippen LogP contribution in [0, 0.1) is 5.92 Å². The average molecular weight is 349 g/mol. The summed E-state index contributed by atoms with van der Waals surface area (Å²) in [4.78, 5) is 24.7. The highest BCUT2D eigenvalue weighted by molar-refractivity contribution is 5.95. The second-order valence-electron chi connectivity index (χ2n) is 7.62. The molecule has 140 valence electrons. The molecule has 1 aliphatic carbocycles. The maximum Gasteiger partial charge on any atom is 0.256 e. The summed E-state index contributed by atoms with van der Waals surface area (Å²) in [6, 6.07) is -0.0270. The largest absolute Gasteiger partial charge is 0.364 e. The van der Waals surface area contributed by atoms with E-state index in [2.05, 4.69) is 15.8 Å². The van der Waals surface area contributed by atoms with Crippen LogP contribution in [-0.2, 0) is 4.79 Å². The zero-order valence-corrected chi connectivity index (χ0v) is 15.8. The van der Waals surface area contributed by atoms with E-state index in [1.165, 1.54) is 12.7 Å². The third-order valence-corrected chi connectivity index (χ3v) is 4.84. The van der Waals surface area contributed by atoms with E-state index < -0.39 is 0 Å². The lowest BCUT2D eigenvalue weighted by molar-refractivity contribution is -0.126. The highest BCUT2D eigenvalue weighted by Gasteiger charge is 2.24. The van der Waals surface area contributed by atoms with Crippen molar-refractivity contribution in [3.05, 3.63) is 17.5 Å². The molecule has 2 unspecified atom stereocenters. The number of carbonyl (C=O) groups excluding carboxylic acids is 2. The predicted molar refractivity (Wildman–Crippen MR) is 96.3 cm³/mol. The van der Waals surface area contributed by atoms with Crippen molar-refractivity contribution in [2.75, 3.05) is 0 Å². The number of aromatic nitrogens is 1. The number of hydrogen-bond acceptors (Lipinski definition) is 4. The molecule has 6 nitrogen and oxygen atoms in total. The van der Waals surface area contributed by atoms with Crippen molar-refractivity contribution < 1.29 is 14.1 Å². The third kappa shape index (κ3) is 5.58. The first-order valence-electron chi connectivity index (χ1n) is 9.44. The second kappa shape index (κ2) is 9.02. The highest BCUT2D eigenvalue weighted by Crippen LogP contribution is 2.24. The van der Waals surface area contributed by atoms with Crippen molar-refractivity contribution in [2.45, 2.75) is 84.2 Å². The molecule has 2 amide bonds. The molecule has 0 saturated heterocycles. The maximum atomic E-state index is 12.4. The summed E-state index contributed by atoms with van der Waals surface area (Å²) in [6.45, 7) is 7.88. The van der Waals surface area contributed by atoms with E-state index in [4.69, 9.17) is 4.52 Å². The van der Waals surface area contributed by atoms with Gasteiger partial charge in [0.1, 0.15) is 11.8 Å². The van der Waals surface area contributed by atoms with Gasteiger partial charge in [0, 0.05) is 18.0 Å². The SMILES string of the molecule is CC(CC(C)NC(=O)C1CCCCC1)NC(=O)c1conc1C(C)C. The molecule has 0 spiro atoms. The van der Waals surface area contributed by atoms with Gasteiger partial charge in [-0.05, 0) is 39.0 Å². The van der Waals surface area contributed by atoms with Crippen LogP contribution in [-0.4, -0.2) is 29.1 Å². The molecule has 1 fully saturated rings. The van der Waals surface area contributed by atoms with Crippen molar-refractivity contribution in [3.63, 3.8) is 0 Å². The van der Waals surface area contributed by atoms with Crippen LogP contribution in [0.15, 0.2) is 10.8 Å². The standard InChI is InChI=1S/C19H31N3O3/c1-12(2)17-16(11-25-22-17)19(24)21-14(4)10-13(3)20-18(23)15-8-6-5-7-9-15/h11-15H,5-10H2,1-4H3,(H,20,23)(H,21,24). The zero-order valence-electron chi connectivity index (χ0n) is 15.8. The lowest BCUT2D eigenvalue weighted by Crippen LogP contribution is -2.42. The van der Waals surface area contributed by atoms with E-state index in [1.807, 2.05) is 27.7 Å². The Hall–Kier alpha value is -1.85. The van der Waals surface area contributed by atoms with Crippen LogP contribution in [0.25, 0.3) is 0 Å². The molecule has 1 heterocycles. The van der Waals surface area contributed by atoms with Crippen LogP contribution < -0.4 is 10.6 Å². The van der Waals surface area contributed by atoms with Crippen LogP contribution in [0.1, 0.15) is 88.2 Å². The number of hydrogen-bond donors (Lipinski definition) is 2. The van der Waals surface area contributed by atoms with Crippen LogP contribution >= 0.6 is 0 Å². The monoisotopic (exact) mass is 349 g/mol. The smallest absolute Gasteiger partial charge is 0.256 e. The normalized spacial score (nSPS) is 18.0. The summed E-state index contributed by atoms with van der Waals surface area (Å²) < 4.78 is 4.94. The van der Waals surface area contributed by atoms with Gasteiger partial charge in [0.15, 0.2) is 0 Å². The molecule has 2 rings (SSSR count). The number of nitrogens with one attached hydrogen (secondary N) is 2. The molecule has 1 aliphatic rings. The van der Waals surface area contributed by atoms with Crippen LogP contribution in [0.5, 0.6) is 0 Å². The Morgan fingerprint density at radius 3 is 2.40 bits per heavy atom. The van der Waals surface area contributed by atoms with E-state index in [0.29, 0.717) is 17.7 Å².